The second-order valence-electron chi connectivity index (χ2n) is 5.58. The monoisotopic (exact) mass is 364 g/mol. The average Bonchev–Trinajstić information content (AvgIpc) is 2.54. The van der Waals surface area contributed by atoms with Crippen LogP contribution in [0.1, 0.15) is 13.8 Å². The molecule has 130 valence electrons. The van der Waals surface area contributed by atoms with Crippen molar-refractivity contribution in [2.75, 3.05) is 0 Å². The molecule has 2 aromatic carbocycles. The molecule has 0 aliphatic carbocycles. The van der Waals surface area contributed by atoms with Gasteiger partial charge < -0.3 is 4.74 Å². The molecule has 1 aromatic heterocycles. The summed E-state index contributed by atoms with van der Waals surface area (Å²) in [7, 11) is -3.92. The van der Waals surface area contributed by atoms with Gasteiger partial charge >= 0.3 is 0 Å². The fourth-order valence-electron chi connectivity index (χ4n) is 2.23. The van der Waals surface area contributed by atoms with E-state index in [1.54, 1.807) is 0 Å². The van der Waals surface area contributed by atoms with Gasteiger partial charge in [0.15, 0.2) is 21.4 Å². The van der Waals surface area contributed by atoms with Crippen LogP contribution in [0.4, 0.5) is 8.78 Å². The average molecular weight is 364 g/mol. The lowest BCUT2D eigenvalue weighted by Crippen LogP contribution is -2.16. The summed E-state index contributed by atoms with van der Waals surface area (Å²) >= 11 is 0. The largest absolute Gasteiger partial charge is 0.436 e. The predicted octanol–water partition coefficient (Wildman–Crippen LogP) is 3.88. The predicted molar refractivity (Wildman–Crippen MR) is 88.3 cm³/mol. The summed E-state index contributed by atoms with van der Waals surface area (Å²) in [5, 5.41) is -0.830. The number of sulfone groups is 1. The zero-order valence-electron chi connectivity index (χ0n) is 13.4. The van der Waals surface area contributed by atoms with Crippen LogP contribution in [0.3, 0.4) is 0 Å². The molecular formula is C17H14F2N2O3S. The molecule has 25 heavy (non-hydrogen) atoms. The Morgan fingerprint density at radius 2 is 1.72 bits per heavy atom. The first-order valence-electron chi connectivity index (χ1n) is 7.42. The third-order valence-corrected chi connectivity index (χ3v) is 5.76. The summed E-state index contributed by atoms with van der Waals surface area (Å²) in [5.74, 6) is -1.71. The zero-order chi connectivity index (χ0) is 18.2. The third-order valence-electron chi connectivity index (χ3n) is 3.55. The lowest BCUT2D eigenvalue weighted by molar-refractivity contribution is 0.437. The molecule has 0 spiro atoms. The summed E-state index contributed by atoms with van der Waals surface area (Å²) < 4.78 is 58.1. The van der Waals surface area contributed by atoms with Gasteiger partial charge in [-0.2, -0.15) is 0 Å². The minimum Gasteiger partial charge on any atom is -0.436 e. The summed E-state index contributed by atoms with van der Waals surface area (Å²) in [6.07, 6.45) is 1.15. The first kappa shape index (κ1) is 17.2. The fraction of sp³-hybridized carbons (Fsp3) is 0.176. The van der Waals surface area contributed by atoms with Crippen LogP contribution in [-0.2, 0) is 9.84 Å². The van der Waals surface area contributed by atoms with Crippen molar-refractivity contribution in [3.8, 4) is 11.6 Å². The van der Waals surface area contributed by atoms with Gasteiger partial charge in [0.1, 0.15) is 16.2 Å². The van der Waals surface area contributed by atoms with Crippen molar-refractivity contribution < 1.29 is 21.9 Å². The molecule has 3 rings (SSSR count). The molecule has 1 heterocycles. The Labute approximate surface area is 143 Å². The third kappa shape index (κ3) is 3.17. The maximum absolute atomic E-state index is 14.2. The van der Waals surface area contributed by atoms with Crippen LogP contribution in [0.2, 0.25) is 0 Å². The Kier molecular flexibility index (Phi) is 4.38. The molecule has 0 saturated carbocycles. The van der Waals surface area contributed by atoms with Crippen molar-refractivity contribution in [2.45, 2.75) is 24.0 Å². The summed E-state index contributed by atoms with van der Waals surface area (Å²) in [4.78, 5) is 7.47. The second kappa shape index (κ2) is 6.36. The van der Waals surface area contributed by atoms with Crippen LogP contribution >= 0.6 is 0 Å². The van der Waals surface area contributed by atoms with Crippen molar-refractivity contribution in [1.29, 1.82) is 0 Å². The summed E-state index contributed by atoms with van der Waals surface area (Å²) in [5.41, 5.74) is 0.297. The van der Waals surface area contributed by atoms with Crippen molar-refractivity contribution in [3.63, 3.8) is 0 Å². The van der Waals surface area contributed by atoms with Crippen LogP contribution < -0.4 is 4.74 Å². The molecule has 3 aromatic rings. The van der Waals surface area contributed by atoms with Gasteiger partial charge in [-0.1, -0.05) is 12.1 Å². The molecule has 0 N–H and O–H groups in total. The van der Waals surface area contributed by atoms with Gasteiger partial charge in [-0.25, -0.2) is 27.2 Å². The quantitative estimate of drug-likeness (QED) is 0.703. The van der Waals surface area contributed by atoms with E-state index >= 15 is 0 Å². The minimum absolute atomic E-state index is 0.0594. The minimum atomic E-state index is -3.92. The molecule has 0 radical (unpaired) electrons. The number of hydrogen-bond acceptors (Lipinski definition) is 5. The molecule has 0 aliphatic rings. The van der Waals surface area contributed by atoms with Gasteiger partial charge in [-0.15, -0.1) is 0 Å². The van der Waals surface area contributed by atoms with E-state index < -0.39 is 31.6 Å². The van der Waals surface area contributed by atoms with Crippen LogP contribution in [0.25, 0.3) is 11.0 Å². The molecule has 0 atom stereocenters. The second-order valence-corrected chi connectivity index (χ2v) is 8.02. The normalized spacial score (nSPS) is 11.9. The fourth-order valence-corrected chi connectivity index (χ4v) is 3.43. The van der Waals surface area contributed by atoms with Crippen LogP contribution in [0.5, 0.6) is 11.6 Å². The van der Waals surface area contributed by atoms with E-state index in [9.17, 15) is 17.2 Å². The first-order valence-corrected chi connectivity index (χ1v) is 8.97. The van der Waals surface area contributed by atoms with E-state index in [4.69, 9.17) is 4.74 Å². The summed E-state index contributed by atoms with van der Waals surface area (Å²) in [6, 6.07) is 7.96. The molecule has 0 amide bonds. The van der Waals surface area contributed by atoms with Gasteiger partial charge in [0.05, 0.1) is 17.0 Å². The SMILES string of the molecule is CC(C)S(=O)(=O)c1c(F)cccc1Oc1cnc2c(F)cccc2n1. The lowest BCUT2D eigenvalue weighted by atomic mass is 10.3. The number of rotatable bonds is 4. The van der Waals surface area contributed by atoms with Crippen molar-refractivity contribution in [3.05, 3.63) is 54.2 Å². The zero-order valence-corrected chi connectivity index (χ0v) is 14.2. The van der Waals surface area contributed by atoms with Crippen LogP contribution in [0.15, 0.2) is 47.5 Å². The number of halogens is 2. The van der Waals surface area contributed by atoms with Gasteiger partial charge in [0.2, 0.25) is 5.88 Å². The molecule has 0 fully saturated rings. The highest BCUT2D eigenvalue weighted by Gasteiger charge is 2.28. The van der Waals surface area contributed by atoms with Gasteiger partial charge in [-0.3, -0.25) is 0 Å². The number of fused-ring (bicyclic) bond motifs is 1. The number of ether oxygens (including phenoxy) is 1. The van der Waals surface area contributed by atoms with E-state index in [0.717, 1.165) is 12.3 Å². The van der Waals surface area contributed by atoms with E-state index in [-0.39, 0.29) is 22.7 Å². The van der Waals surface area contributed by atoms with E-state index in [1.807, 2.05) is 0 Å². The van der Waals surface area contributed by atoms with E-state index in [2.05, 4.69) is 9.97 Å². The number of para-hydroxylation sites is 1. The highest BCUT2D eigenvalue weighted by atomic mass is 32.2. The van der Waals surface area contributed by atoms with Crippen molar-refractivity contribution >= 4 is 20.9 Å². The molecule has 0 aliphatic heterocycles. The highest BCUT2D eigenvalue weighted by molar-refractivity contribution is 7.92. The Bertz CT molecular complexity index is 1050. The number of benzene rings is 2. The Balaban J connectivity index is 2.09. The summed E-state index contributed by atoms with van der Waals surface area (Å²) in [6.45, 7) is 2.90. The standard InChI is InChI=1S/C17H14F2N2O3S/c1-10(2)25(22,23)17-12(19)6-4-8-14(17)24-15-9-20-16-11(18)5-3-7-13(16)21-15/h3-10H,1-2H3. The Morgan fingerprint density at radius 3 is 2.44 bits per heavy atom. The molecule has 0 saturated heterocycles. The number of hydrogen-bond donors (Lipinski definition) is 0. The Morgan fingerprint density at radius 1 is 1.04 bits per heavy atom. The van der Waals surface area contributed by atoms with Crippen molar-refractivity contribution in [1.82, 2.24) is 9.97 Å². The van der Waals surface area contributed by atoms with Crippen LogP contribution in [0, 0.1) is 11.6 Å². The van der Waals surface area contributed by atoms with Crippen LogP contribution in [-0.4, -0.2) is 23.6 Å². The molecular weight excluding hydrogens is 350 g/mol. The Hall–Kier alpha value is -2.61. The molecule has 0 bridgehead atoms. The highest BCUT2D eigenvalue weighted by Crippen LogP contribution is 2.32. The van der Waals surface area contributed by atoms with Crippen molar-refractivity contribution in [2.24, 2.45) is 0 Å². The maximum Gasteiger partial charge on any atom is 0.238 e. The topological polar surface area (TPSA) is 69.2 Å². The van der Waals surface area contributed by atoms with Gasteiger partial charge in [-0.05, 0) is 38.1 Å². The lowest BCUT2D eigenvalue weighted by Gasteiger charge is -2.14. The molecule has 5 nitrogen and oxygen atoms in total. The van der Waals surface area contributed by atoms with E-state index in [0.29, 0.717) is 0 Å². The van der Waals surface area contributed by atoms with Gasteiger partial charge in [0.25, 0.3) is 0 Å². The molecule has 0 unspecified atom stereocenters. The number of nitrogens with zero attached hydrogens (tertiary/aromatic N) is 2. The first-order chi connectivity index (χ1) is 11.8. The van der Waals surface area contributed by atoms with Gasteiger partial charge in [0, 0.05) is 0 Å². The smallest absolute Gasteiger partial charge is 0.238 e. The molecule has 8 heteroatoms. The van der Waals surface area contributed by atoms with E-state index in [1.165, 1.54) is 44.2 Å². The number of aromatic nitrogens is 2. The maximum atomic E-state index is 14.2.